The number of rotatable bonds is 9. The molecule has 0 fully saturated rings. The first kappa shape index (κ1) is 21.9. The average Bonchev–Trinajstić information content (AvgIpc) is 3.16. The summed E-state index contributed by atoms with van der Waals surface area (Å²) in [6.07, 6.45) is 1.87. The van der Waals surface area contributed by atoms with Crippen LogP contribution in [0.5, 0.6) is 5.75 Å². The summed E-state index contributed by atoms with van der Waals surface area (Å²) < 4.78 is 8.10. The van der Waals surface area contributed by atoms with E-state index in [4.69, 9.17) is 21.3 Å². The number of carbonyl (C=O) groups is 1. The lowest BCUT2D eigenvalue weighted by Crippen LogP contribution is -2.24. The molecule has 0 radical (unpaired) electrons. The molecule has 0 spiro atoms. The molecule has 0 atom stereocenters. The van der Waals surface area contributed by atoms with E-state index in [-0.39, 0.29) is 5.91 Å². The fraction of sp³-hybridized carbons (Fsp3) is 0.231. The van der Waals surface area contributed by atoms with E-state index in [0.717, 1.165) is 47.6 Å². The van der Waals surface area contributed by atoms with Crippen LogP contribution in [0.15, 0.2) is 72.8 Å². The lowest BCUT2D eigenvalue weighted by atomic mass is 10.2. The van der Waals surface area contributed by atoms with Crippen LogP contribution in [0.3, 0.4) is 0 Å². The zero-order valence-corrected chi connectivity index (χ0v) is 18.8. The van der Waals surface area contributed by atoms with Gasteiger partial charge in [-0.1, -0.05) is 48.0 Å². The van der Waals surface area contributed by atoms with Crippen molar-refractivity contribution in [3.8, 4) is 5.75 Å². The van der Waals surface area contributed by atoms with Gasteiger partial charge in [0.1, 0.15) is 11.6 Å². The van der Waals surface area contributed by atoms with Crippen LogP contribution < -0.4 is 10.1 Å². The van der Waals surface area contributed by atoms with Crippen molar-refractivity contribution < 1.29 is 9.53 Å². The van der Waals surface area contributed by atoms with Gasteiger partial charge < -0.3 is 14.6 Å². The molecule has 1 amide bonds. The second-order valence-corrected chi connectivity index (χ2v) is 8.12. The quantitative estimate of drug-likeness (QED) is 0.330. The zero-order valence-electron chi connectivity index (χ0n) is 18.1. The Kier molecular flexibility index (Phi) is 7.07. The molecular weight excluding hydrogens is 422 g/mol. The minimum Gasteiger partial charge on any atom is -0.493 e. The highest BCUT2D eigenvalue weighted by molar-refractivity contribution is 6.30. The van der Waals surface area contributed by atoms with Crippen molar-refractivity contribution in [3.63, 3.8) is 0 Å². The number of ether oxygens (including phenoxy) is 1. The molecule has 0 bridgehead atoms. The number of hydrogen-bond donors (Lipinski definition) is 1. The Morgan fingerprint density at radius 1 is 1.03 bits per heavy atom. The van der Waals surface area contributed by atoms with Crippen LogP contribution >= 0.6 is 11.6 Å². The van der Waals surface area contributed by atoms with E-state index in [1.54, 1.807) is 24.3 Å². The van der Waals surface area contributed by atoms with Crippen LogP contribution in [0.2, 0.25) is 5.02 Å². The van der Waals surface area contributed by atoms with Gasteiger partial charge in [-0.25, -0.2) is 4.98 Å². The van der Waals surface area contributed by atoms with E-state index in [9.17, 15) is 4.79 Å². The fourth-order valence-electron chi connectivity index (χ4n) is 3.67. The molecule has 0 aliphatic heterocycles. The van der Waals surface area contributed by atoms with Gasteiger partial charge in [0.15, 0.2) is 0 Å². The van der Waals surface area contributed by atoms with Crippen molar-refractivity contribution in [2.24, 2.45) is 0 Å². The molecule has 0 aliphatic rings. The number of unbranched alkanes of at least 4 members (excludes halogenated alkanes) is 1. The highest BCUT2D eigenvalue weighted by Gasteiger charge is 2.12. The number of aromatic nitrogens is 2. The largest absolute Gasteiger partial charge is 0.493 e. The molecule has 0 saturated heterocycles. The SMILES string of the molecule is Cc1ccccc1OCCCCn1c(CNC(=O)c2cccc(Cl)c2)nc2ccccc21. The number of imidazole rings is 1. The van der Waals surface area contributed by atoms with Crippen LogP contribution in [0.25, 0.3) is 11.0 Å². The Morgan fingerprint density at radius 2 is 1.84 bits per heavy atom. The molecule has 4 aromatic rings. The van der Waals surface area contributed by atoms with Gasteiger partial charge in [0.25, 0.3) is 5.91 Å². The molecule has 0 saturated carbocycles. The van der Waals surface area contributed by atoms with Crippen LogP contribution in [-0.2, 0) is 13.1 Å². The summed E-state index contributed by atoms with van der Waals surface area (Å²) in [5.74, 6) is 1.60. The van der Waals surface area contributed by atoms with Crippen molar-refractivity contribution in [3.05, 3.63) is 94.8 Å². The molecule has 3 aromatic carbocycles. The lowest BCUT2D eigenvalue weighted by molar-refractivity contribution is 0.0949. The molecule has 32 heavy (non-hydrogen) atoms. The maximum Gasteiger partial charge on any atom is 0.251 e. The second kappa shape index (κ2) is 10.3. The van der Waals surface area contributed by atoms with Crippen LogP contribution in [0, 0.1) is 6.92 Å². The summed E-state index contributed by atoms with van der Waals surface area (Å²) in [6, 6.07) is 23.0. The zero-order chi connectivity index (χ0) is 22.3. The van der Waals surface area contributed by atoms with Gasteiger partial charge in [-0.05, 0) is 61.7 Å². The minimum absolute atomic E-state index is 0.169. The van der Waals surface area contributed by atoms with Gasteiger partial charge in [0, 0.05) is 17.1 Å². The number of benzene rings is 3. The number of carbonyl (C=O) groups excluding carboxylic acids is 1. The summed E-state index contributed by atoms with van der Waals surface area (Å²) in [4.78, 5) is 17.3. The maximum atomic E-state index is 12.5. The summed E-state index contributed by atoms with van der Waals surface area (Å²) in [5, 5.41) is 3.51. The highest BCUT2D eigenvalue weighted by Crippen LogP contribution is 2.19. The number of hydrogen-bond acceptors (Lipinski definition) is 3. The summed E-state index contributed by atoms with van der Waals surface area (Å²) in [7, 11) is 0. The third-order valence-corrected chi connectivity index (χ3v) is 5.59. The van der Waals surface area contributed by atoms with Crippen molar-refractivity contribution in [1.29, 1.82) is 0 Å². The molecule has 1 heterocycles. The van der Waals surface area contributed by atoms with Gasteiger partial charge in [-0.15, -0.1) is 0 Å². The normalized spacial score (nSPS) is 10.9. The topological polar surface area (TPSA) is 56.1 Å². The number of fused-ring (bicyclic) bond motifs is 1. The molecule has 4 rings (SSSR count). The van der Waals surface area contributed by atoms with Crippen LogP contribution in [0.1, 0.15) is 34.6 Å². The van der Waals surface area contributed by atoms with Crippen molar-refractivity contribution in [1.82, 2.24) is 14.9 Å². The van der Waals surface area contributed by atoms with Gasteiger partial charge in [0.2, 0.25) is 0 Å². The molecule has 1 aromatic heterocycles. The Morgan fingerprint density at radius 3 is 2.69 bits per heavy atom. The van der Waals surface area contributed by atoms with Crippen molar-refractivity contribution in [2.75, 3.05) is 6.61 Å². The summed E-state index contributed by atoms with van der Waals surface area (Å²) in [6.45, 7) is 3.87. The first-order valence-corrected chi connectivity index (χ1v) is 11.2. The van der Waals surface area contributed by atoms with E-state index >= 15 is 0 Å². The molecule has 0 unspecified atom stereocenters. The molecule has 164 valence electrons. The lowest BCUT2D eigenvalue weighted by Gasteiger charge is -2.12. The maximum absolute atomic E-state index is 12.5. The molecular formula is C26H26ClN3O2. The number of nitrogens with one attached hydrogen (secondary N) is 1. The van der Waals surface area contributed by atoms with Crippen LogP contribution in [-0.4, -0.2) is 22.1 Å². The first-order valence-electron chi connectivity index (χ1n) is 10.8. The Labute approximate surface area is 193 Å². The molecule has 1 N–H and O–H groups in total. The Balaban J connectivity index is 1.39. The molecule has 6 heteroatoms. The third kappa shape index (κ3) is 5.29. The predicted octanol–water partition coefficient (Wildman–Crippen LogP) is 5.79. The fourth-order valence-corrected chi connectivity index (χ4v) is 3.86. The van der Waals surface area contributed by atoms with Gasteiger partial charge in [-0.3, -0.25) is 4.79 Å². The Hall–Kier alpha value is -3.31. The summed E-state index contributed by atoms with van der Waals surface area (Å²) in [5.41, 5.74) is 3.68. The smallest absolute Gasteiger partial charge is 0.251 e. The van der Waals surface area contributed by atoms with E-state index in [2.05, 4.69) is 28.9 Å². The number of para-hydroxylation sites is 3. The third-order valence-electron chi connectivity index (χ3n) is 5.35. The first-order chi connectivity index (χ1) is 15.6. The number of amides is 1. The van der Waals surface area contributed by atoms with Gasteiger partial charge in [0.05, 0.1) is 24.2 Å². The molecule has 0 aliphatic carbocycles. The van der Waals surface area contributed by atoms with E-state index < -0.39 is 0 Å². The van der Waals surface area contributed by atoms with E-state index in [0.29, 0.717) is 23.7 Å². The predicted molar refractivity (Wildman–Crippen MR) is 128 cm³/mol. The number of nitrogens with zero attached hydrogens (tertiary/aromatic N) is 2. The second-order valence-electron chi connectivity index (χ2n) is 7.68. The Bertz CT molecular complexity index is 1220. The van der Waals surface area contributed by atoms with Gasteiger partial charge in [-0.2, -0.15) is 0 Å². The van der Waals surface area contributed by atoms with Crippen molar-refractivity contribution >= 4 is 28.5 Å². The average molecular weight is 448 g/mol. The van der Waals surface area contributed by atoms with Crippen LogP contribution in [0.4, 0.5) is 0 Å². The van der Waals surface area contributed by atoms with Gasteiger partial charge >= 0.3 is 0 Å². The molecule has 5 nitrogen and oxygen atoms in total. The minimum atomic E-state index is -0.169. The van der Waals surface area contributed by atoms with E-state index in [1.807, 2.05) is 36.4 Å². The van der Waals surface area contributed by atoms with E-state index in [1.165, 1.54) is 0 Å². The summed E-state index contributed by atoms with van der Waals surface area (Å²) >= 11 is 6.01. The standard InChI is InChI=1S/C26H26ClN3O2/c1-19-9-2-5-14-24(19)32-16-7-6-15-30-23-13-4-3-12-22(23)29-25(30)18-28-26(31)20-10-8-11-21(27)17-20/h2-5,8-14,17H,6-7,15-16,18H2,1H3,(H,28,31). The monoisotopic (exact) mass is 447 g/mol. The number of aryl methyl sites for hydroxylation is 2. The van der Waals surface area contributed by atoms with Crippen molar-refractivity contribution in [2.45, 2.75) is 32.9 Å². The highest BCUT2D eigenvalue weighted by atomic mass is 35.5. The number of halogens is 1.